The lowest BCUT2D eigenvalue weighted by atomic mass is 9.83. The van der Waals surface area contributed by atoms with Gasteiger partial charge < -0.3 is 35.3 Å². The van der Waals surface area contributed by atoms with Crippen LogP contribution in [0.2, 0.25) is 0 Å². The number of benzene rings is 1. The Morgan fingerprint density at radius 1 is 1.04 bits per heavy atom. The van der Waals surface area contributed by atoms with Crippen LogP contribution in [0.3, 0.4) is 0 Å². The summed E-state index contributed by atoms with van der Waals surface area (Å²) in [7, 11) is 0. The number of aliphatic hydroxyl groups is 1. The molecule has 1 aromatic rings. The van der Waals surface area contributed by atoms with E-state index >= 15 is 0 Å². The van der Waals surface area contributed by atoms with Gasteiger partial charge >= 0.3 is 18.0 Å². The molecular formula is C35H53N3O9. The highest BCUT2D eigenvalue weighted by Crippen LogP contribution is 2.28. The number of aliphatic hydroxyl groups excluding tert-OH is 1. The summed E-state index contributed by atoms with van der Waals surface area (Å²) in [5.41, 5.74) is -0.0681. The van der Waals surface area contributed by atoms with Crippen LogP contribution in [0.1, 0.15) is 98.0 Å². The number of carbonyl (C=O) groups excluding carboxylic acids is 5. The number of hydrogen-bond donors (Lipinski definition) is 4. The van der Waals surface area contributed by atoms with E-state index in [1.165, 1.54) is 0 Å². The molecule has 0 bridgehead atoms. The van der Waals surface area contributed by atoms with Gasteiger partial charge in [-0.3, -0.25) is 14.4 Å². The summed E-state index contributed by atoms with van der Waals surface area (Å²) in [6.07, 6.45) is 2.87. The maximum atomic E-state index is 13.8. The molecule has 1 aromatic carbocycles. The van der Waals surface area contributed by atoms with E-state index in [-0.39, 0.29) is 31.1 Å². The number of hydrogen-bond acceptors (Lipinski definition) is 9. The maximum Gasteiger partial charge on any atom is 0.408 e. The lowest BCUT2D eigenvalue weighted by molar-refractivity contribution is -0.163. The molecule has 262 valence electrons. The molecule has 1 saturated heterocycles. The average molecular weight is 660 g/mol. The molecule has 0 aromatic heterocycles. The van der Waals surface area contributed by atoms with E-state index in [9.17, 15) is 29.1 Å². The van der Waals surface area contributed by atoms with Crippen molar-refractivity contribution in [3.8, 4) is 0 Å². The Balaban J connectivity index is 1.87. The first kappa shape index (κ1) is 37.8. The van der Waals surface area contributed by atoms with Gasteiger partial charge in [0.2, 0.25) is 11.8 Å². The fraction of sp³-hybridized carbons (Fsp3) is 0.686. The second kappa shape index (κ2) is 18.0. The Hall–Kier alpha value is -3.67. The predicted molar refractivity (Wildman–Crippen MR) is 174 cm³/mol. The Morgan fingerprint density at radius 3 is 2.36 bits per heavy atom. The molecule has 1 aliphatic heterocycles. The number of rotatable bonds is 9. The molecule has 12 nitrogen and oxygen atoms in total. The van der Waals surface area contributed by atoms with Gasteiger partial charge in [-0.05, 0) is 57.4 Å². The molecule has 0 spiro atoms. The third kappa shape index (κ3) is 13.5. The molecule has 4 N–H and O–H groups in total. The summed E-state index contributed by atoms with van der Waals surface area (Å²) in [6, 6.07) is 5.51. The van der Waals surface area contributed by atoms with E-state index < -0.39 is 72.4 Å². The molecule has 3 amide bonds. The smallest absolute Gasteiger partial charge is 0.408 e. The zero-order valence-corrected chi connectivity index (χ0v) is 28.4. The zero-order chi connectivity index (χ0) is 34.6. The van der Waals surface area contributed by atoms with Crippen LogP contribution < -0.4 is 16.0 Å². The molecule has 47 heavy (non-hydrogen) atoms. The van der Waals surface area contributed by atoms with Crippen LogP contribution in [-0.4, -0.2) is 77.5 Å². The van der Waals surface area contributed by atoms with Crippen LogP contribution in [0.15, 0.2) is 30.3 Å². The van der Waals surface area contributed by atoms with Crippen molar-refractivity contribution in [2.45, 2.75) is 135 Å². The summed E-state index contributed by atoms with van der Waals surface area (Å²) in [6.45, 7) is 8.53. The minimum Gasteiger partial charge on any atom is -0.463 e. The van der Waals surface area contributed by atoms with Crippen molar-refractivity contribution in [2.24, 2.45) is 11.8 Å². The number of carbonyl (C=O) groups is 5. The Morgan fingerprint density at radius 2 is 1.72 bits per heavy atom. The fourth-order valence-electron chi connectivity index (χ4n) is 5.97. The van der Waals surface area contributed by atoms with Gasteiger partial charge in [0.05, 0.1) is 6.04 Å². The second-order valence-corrected chi connectivity index (χ2v) is 14.2. The van der Waals surface area contributed by atoms with E-state index in [0.717, 1.165) is 37.7 Å². The van der Waals surface area contributed by atoms with Crippen molar-refractivity contribution in [1.82, 2.24) is 16.0 Å². The largest absolute Gasteiger partial charge is 0.463 e. The first-order valence-electron chi connectivity index (χ1n) is 16.9. The average Bonchev–Trinajstić information content (AvgIpc) is 3.00. The quantitative estimate of drug-likeness (QED) is 0.228. The van der Waals surface area contributed by atoms with Crippen LogP contribution >= 0.6 is 0 Å². The summed E-state index contributed by atoms with van der Waals surface area (Å²) in [5, 5.41) is 19.2. The van der Waals surface area contributed by atoms with Crippen molar-refractivity contribution in [3.63, 3.8) is 0 Å². The van der Waals surface area contributed by atoms with Crippen molar-refractivity contribution in [2.75, 3.05) is 6.61 Å². The molecule has 0 radical (unpaired) electrons. The van der Waals surface area contributed by atoms with Crippen molar-refractivity contribution < 1.29 is 43.3 Å². The van der Waals surface area contributed by atoms with Gasteiger partial charge in [0.15, 0.2) is 6.10 Å². The maximum absolute atomic E-state index is 13.8. The number of ether oxygens (including phenoxy) is 3. The molecule has 12 heteroatoms. The standard InChI is InChI=1S/C35H53N3O9/c1-22(2)18-25-16-17-29(39)45-21-28(32(42)36-26(30(40)33(43)46-25)19-23-12-8-6-9-13-23)37-31(41)27(20-24-14-10-7-11-15-24)38-34(44)47-35(3,4)5/h7,10-11,14-15,22-23,25-28,30,40H,6,8-9,12-13,16-21H2,1-5H3,(H,36,42)(H,37,41)(H,38,44)/t25?,26-,27-,28?,30+/m0/s1. The molecular weight excluding hydrogens is 606 g/mol. The third-order valence-electron chi connectivity index (χ3n) is 8.28. The highest BCUT2D eigenvalue weighted by atomic mass is 16.6. The molecule has 1 saturated carbocycles. The second-order valence-electron chi connectivity index (χ2n) is 14.2. The lowest BCUT2D eigenvalue weighted by Gasteiger charge is -2.31. The van der Waals surface area contributed by atoms with Crippen molar-refractivity contribution in [3.05, 3.63) is 35.9 Å². The number of nitrogens with one attached hydrogen (secondary N) is 3. The molecule has 3 rings (SSSR count). The molecule has 2 fully saturated rings. The topological polar surface area (TPSA) is 169 Å². The minimum absolute atomic E-state index is 0.0894. The Bertz CT molecular complexity index is 1190. The summed E-state index contributed by atoms with van der Waals surface area (Å²) >= 11 is 0. The molecule has 1 heterocycles. The number of esters is 2. The van der Waals surface area contributed by atoms with E-state index in [1.54, 1.807) is 45.0 Å². The number of alkyl carbamates (subject to hydrolysis) is 1. The van der Waals surface area contributed by atoms with Crippen LogP contribution in [0.25, 0.3) is 0 Å². The SMILES string of the molecule is CC(C)CC1CCC(=O)OCC(NC(=O)[C@H](Cc2ccccc2)NC(=O)OC(C)(C)C)C(=O)N[C@@H](CC2CCCCC2)[C@@H](O)C(=O)O1. The molecule has 2 unspecified atom stereocenters. The van der Waals surface area contributed by atoms with E-state index in [1.807, 2.05) is 19.9 Å². The first-order valence-corrected chi connectivity index (χ1v) is 16.9. The van der Waals surface area contributed by atoms with Crippen LogP contribution in [0.4, 0.5) is 4.79 Å². The highest BCUT2D eigenvalue weighted by Gasteiger charge is 2.37. The van der Waals surface area contributed by atoms with Crippen LogP contribution in [0.5, 0.6) is 0 Å². The van der Waals surface area contributed by atoms with Gasteiger partial charge in [0.1, 0.15) is 30.4 Å². The third-order valence-corrected chi connectivity index (χ3v) is 8.28. The molecule has 1 aliphatic carbocycles. The van der Waals surface area contributed by atoms with Crippen molar-refractivity contribution in [1.29, 1.82) is 0 Å². The number of cyclic esters (lactones) is 2. The van der Waals surface area contributed by atoms with Gasteiger partial charge in [0, 0.05) is 12.8 Å². The monoisotopic (exact) mass is 659 g/mol. The van der Waals surface area contributed by atoms with Gasteiger partial charge in [-0.25, -0.2) is 9.59 Å². The Labute approximate surface area is 278 Å². The van der Waals surface area contributed by atoms with Crippen LogP contribution in [0, 0.1) is 11.8 Å². The van der Waals surface area contributed by atoms with Gasteiger partial charge in [-0.2, -0.15) is 0 Å². The van der Waals surface area contributed by atoms with Crippen molar-refractivity contribution >= 4 is 29.8 Å². The molecule has 5 atom stereocenters. The zero-order valence-electron chi connectivity index (χ0n) is 28.4. The summed E-state index contributed by atoms with van der Waals surface area (Å²) in [5.74, 6) is -2.61. The van der Waals surface area contributed by atoms with E-state index in [2.05, 4.69) is 16.0 Å². The van der Waals surface area contributed by atoms with Gasteiger partial charge in [-0.15, -0.1) is 0 Å². The highest BCUT2D eigenvalue weighted by molar-refractivity contribution is 5.92. The predicted octanol–water partition coefficient (Wildman–Crippen LogP) is 3.72. The minimum atomic E-state index is -1.65. The summed E-state index contributed by atoms with van der Waals surface area (Å²) in [4.78, 5) is 66.2. The van der Waals surface area contributed by atoms with Crippen LogP contribution in [-0.2, 0) is 39.8 Å². The van der Waals surface area contributed by atoms with Gasteiger partial charge in [0.25, 0.3) is 0 Å². The summed E-state index contributed by atoms with van der Waals surface area (Å²) < 4.78 is 16.5. The number of amides is 3. The van der Waals surface area contributed by atoms with Gasteiger partial charge in [-0.1, -0.05) is 76.3 Å². The molecule has 2 aliphatic rings. The van der Waals surface area contributed by atoms with E-state index in [4.69, 9.17) is 14.2 Å². The van der Waals surface area contributed by atoms with E-state index in [0.29, 0.717) is 12.8 Å². The Kier molecular flexibility index (Phi) is 14.5. The lowest BCUT2D eigenvalue weighted by Crippen LogP contribution is -2.59. The first-order chi connectivity index (χ1) is 22.2. The fourth-order valence-corrected chi connectivity index (χ4v) is 5.97. The normalized spacial score (nSPS) is 24.4.